The number of hydrogen-bond donors (Lipinski definition) is 1. The maximum atomic E-state index is 4.55. The van der Waals surface area contributed by atoms with Gasteiger partial charge in [0.2, 0.25) is 0 Å². The number of benzene rings is 1. The summed E-state index contributed by atoms with van der Waals surface area (Å²) in [5.41, 5.74) is 2.32. The summed E-state index contributed by atoms with van der Waals surface area (Å²) in [7, 11) is 2.06. The topological polar surface area (TPSA) is 53.0 Å². The molecule has 0 atom stereocenters. The van der Waals surface area contributed by atoms with E-state index in [2.05, 4.69) is 48.5 Å². The van der Waals surface area contributed by atoms with Gasteiger partial charge < -0.3 is 9.55 Å². The third-order valence-corrected chi connectivity index (χ3v) is 5.04. The first kappa shape index (κ1) is 17.0. The zero-order valence-corrected chi connectivity index (χ0v) is 15.3. The number of aryl methyl sites for hydroxylation is 1. The molecule has 2 aromatic heterocycles. The van der Waals surface area contributed by atoms with Gasteiger partial charge in [0.15, 0.2) is 0 Å². The van der Waals surface area contributed by atoms with Crippen molar-refractivity contribution >= 4 is 0 Å². The van der Waals surface area contributed by atoms with Crippen molar-refractivity contribution < 1.29 is 0 Å². The molecule has 0 radical (unpaired) electrons. The zero-order valence-electron chi connectivity index (χ0n) is 15.3. The molecule has 0 amide bonds. The van der Waals surface area contributed by atoms with Gasteiger partial charge in [0.05, 0.1) is 6.54 Å². The molecule has 0 unspecified atom stereocenters. The summed E-state index contributed by atoms with van der Waals surface area (Å²) >= 11 is 0. The van der Waals surface area contributed by atoms with Gasteiger partial charge in [0.25, 0.3) is 0 Å². The van der Waals surface area contributed by atoms with Crippen LogP contribution in [0.15, 0.2) is 48.9 Å². The van der Waals surface area contributed by atoms with Crippen molar-refractivity contribution in [2.45, 2.75) is 19.5 Å². The molecule has 3 heterocycles. The zero-order chi connectivity index (χ0) is 17.8. The second kappa shape index (κ2) is 7.85. The Hall–Kier alpha value is -2.44. The fourth-order valence-electron chi connectivity index (χ4n) is 3.51. The van der Waals surface area contributed by atoms with E-state index in [4.69, 9.17) is 0 Å². The Bertz CT molecular complexity index is 822. The Morgan fingerprint density at radius 3 is 2.46 bits per heavy atom. The predicted molar refractivity (Wildman–Crippen MR) is 102 cm³/mol. The molecule has 3 aromatic rings. The first-order valence-electron chi connectivity index (χ1n) is 9.28. The van der Waals surface area contributed by atoms with Crippen molar-refractivity contribution in [2.24, 2.45) is 7.05 Å². The maximum absolute atomic E-state index is 4.55. The van der Waals surface area contributed by atoms with Crippen LogP contribution in [0.5, 0.6) is 0 Å². The Morgan fingerprint density at radius 2 is 1.73 bits per heavy atom. The molecule has 6 nitrogen and oxygen atoms in total. The SMILES string of the molecule is Cn1ccnc1CN1CCCN(Cc2cnc(-c3ccccc3)[nH]2)CC1. The average molecular weight is 350 g/mol. The summed E-state index contributed by atoms with van der Waals surface area (Å²) in [6, 6.07) is 10.3. The van der Waals surface area contributed by atoms with Crippen LogP contribution in [0.4, 0.5) is 0 Å². The molecule has 1 saturated heterocycles. The van der Waals surface area contributed by atoms with Crippen molar-refractivity contribution in [3.05, 3.63) is 60.4 Å². The molecule has 26 heavy (non-hydrogen) atoms. The summed E-state index contributed by atoms with van der Waals surface area (Å²) in [4.78, 5) is 17.5. The molecule has 1 aliphatic rings. The van der Waals surface area contributed by atoms with Gasteiger partial charge >= 0.3 is 0 Å². The van der Waals surface area contributed by atoms with Gasteiger partial charge in [0.1, 0.15) is 11.6 Å². The van der Waals surface area contributed by atoms with E-state index in [0.29, 0.717) is 0 Å². The van der Waals surface area contributed by atoms with Crippen LogP contribution in [0.2, 0.25) is 0 Å². The molecule has 0 aliphatic carbocycles. The molecule has 136 valence electrons. The molecule has 6 heteroatoms. The highest BCUT2D eigenvalue weighted by Crippen LogP contribution is 2.16. The lowest BCUT2D eigenvalue weighted by Crippen LogP contribution is -2.31. The van der Waals surface area contributed by atoms with Crippen LogP contribution in [0.1, 0.15) is 17.9 Å². The van der Waals surface area contributed by atoms with Gasteiger partial charge in [-0.3, -0.25) is 9.80 Å². The molecular weight excluding hydrogens is 324 g/mol. The lowest BCUT2D eigenvalue weighted by Gasteiger charge is -2.21. The number of aromatic amines is 1. The van der Waals surface area contributed by atoms with E-state index in [1.54, 1.807) is 0 Å². The Balaban J connectivity index is 1.33. The fourth-order valence-corrected chi connectivity index (χ4v) is 3.51. The van der Waals surface area contributed by atoms with Crippen LogP contribution in [-0.2, 0) is 20.1 Å². The third kappa shape index (κ3) is 4.03. The Labute approximate surface area is 154 Å². The molecule has 1 aromatic carbocycles. The molecule has 1 aliphatic heterocycles. The Kier molecular flexibility index (Phi) is 5.13. The number of nitrogens with one attached hydrogen (secondary N) is 1. The maximum Gasteiger partial charge on any atom is 0.137 e. The van der Waals surface area contributed by atoms with E-state index in [1.165, 1.54) is 12.1 Å². The van der Waals surface area contributed by atoms with Gasteiger partial charge in [-0.1, -0.05) is 30.3 Å². The van der Waals surface area contributed by atoms with Crippen molar-refractivity contribution in [2.75, 3.05) is 26.2 Å². The predicted octanol–water partition coefficient (Wildman–Crippen LogP) is 2.52. The van der Waals surface area contributed by atoms with Crippen LogP contribution in [0.3, 0.4) is 0 Å². The van der Waals surface area contributed by atoms with Crippen LogP contribution in [0.25, 0.3) is 11.4 Å². The van der Waals surface area contributed by atoms with Crippen LogP contribution in [-0.4, -0.2) is 55.5 Å². The fraction of sp³-hybridized carbons (Fsp3) is 0.400. The molecule has 0 spiro atoms. The van der Waals surface area contributed by atoms with Crippen molar-refractivity contribution in [1.29, 1.82) is 0 Å². The van der Waals surface area contributed by atoms with E-state index in [0.717, 1.165) is 56.5 Å². The van der Waals surface area contributed by atoms with E-state index in [9.17, 15) is 0 Å². The van der Waals surface area contributed by atoms with Crippen molar-refractivity contribution in [1.82, 2.24) is 29.3 Å². The summed E-state index contributed by atoms with van der Waals surface area (Å²) in [5, 5.41) is 0. The van der Waals surface area contributed by atoms with Gasteiger partial charge in [-0.15, -0.1) is 0 Å². The van der Waals surface area contributed by atoms with E-state index >= 15 is 0 Å². The molecule has 0 bridgehead atoms. The van der Waals surface area contributed by atoms with Gasteiger partial charge in [-0.2, -0.15) is 0 Å². The first-order chi connectivity index (χ1) is 12.8. The summed E-state index contributed by atoms with van der Waals surface area (Å²) < 4.78 is 2.11. The second-order valence-electron chi connectivity index (χ2n) is 6.98. The number of rotatable bonds is 5. The lowest BCUT2D eigenvalue weighted by molar-refractivity contribution is 0.241. The van der Waals surface area contributed by atoms with Crippen molar-refractivity contribution in [3.8, 4) is 11.4 Å². The average Bonchev–Trinajstić information content (AvgIpc) is 3.22. The minimum atomic E-state index is 0.927. The monoisotopic (exact) mass is 350 g/mol. The molecule has 1 fully saturated rings. The second-order valence-corrected chi connectivity index (χ2v) is 6.98. The number of nitrogens with zero attached hydrogens (tertiary/aromatic N) is 5. The quantitative estimate of drug-likeness (QED) is 0.768. The molecule has 1 N–H and O–H groups in total. The largest absolute Gasteiger partial charge is 0.341 e. The van der Waals surface area contributed by atoms with Crippen LogP contribution < -0.4 is 0 Å². The van der Waals surface area contributed by atoms with Crippen molar-refractivity contribution in [3.63, 3.8) is 0 Å². The summed E-state index contributed by atoms with van der Waals surface area (Å²) in [6.07, 6.45) is 7.05. The summed E-state index contributed by atoms with van der Waals surface area (Å²) in [5.74, 6) is 2.09. The van der Waals surface area contributed by atoms with Gasteiger partial charge in [-0.25, -0.2) is 9.97 Å². The number of H-pyrrole nitrogens is 1. The standard InChI is InChI=1S/C20H26N6/c1-24-11-8-21-19(24)16-26-10-5-9-25(12-13-26)15-18-14-22-20(23-18)17-6-3-2-4-7-17/h2-4,6-8,11,14H,5,9-10,12-13,15-16H2,1H3,(H,22,23). The normalized spacial score (nSPS) is 16.7. The first-order valence-corrected chi connectivity index (χ1v) is 9.28. The summed E-state index contributed by atoms with van der Waals surface area (Å²) in [6.45, 7) is 6.25. The van der Waals surface area contributed by atoms with Crippen LogP contribution in [0, 0.1) is 0 Å². The number of hydrogen-bond acceptors (Lipinski definition) is 4. The number of imidazole rings is 2. The van der Waals surface area contributed by atoms with Gasteiger partial charge in [-0.05, 0) is 19.5 Å². The Morgan fingerprint density at radius 1 is 0.962 bits per heavy atom. The molecular formula is C20H26N6. The van der Waals surface area contributed by atoms with Crippen LogP contribution >= 0.6 is 0 Å². The molecule has 0 saturated carbocycles. The smallest absolute Gasteiger partial charge is 0.137 e. The highest BCUT2D eigenvalue weighted by atomic mass is 15.2. The van der Waals surface area contributed by atoms with E-state index in [-0.39, 0.29) is 0 Å². The highest BCUT2D eigenvalue weighted by molar-refractivity contribution is 5.54. The highest BCUT2D eigenvalue weighted by Gasteiger charge is 2.17. The third-order valence-electron chi connectivity index (χ3n) is 5.04. The lowest BCUT2D eigenvalue weighted by atomic mass is 10.2. The molecule has 4 rings (SSSR count). The number of aromatic nitrogens is 4. The minimum Gasteiger partial charge on any atom is -0.341 e. The van der Waals surface area contributed by atoms with E-state index < -0.39 is 0 Å². The minimum absolute atomic E-state index is 0.927. The van der Waals surface area contributed by atoms with E-state index in [1.807, 2.05) is 36.8 Å². The van der Waals surface area contributed by atoms with Gasteiger partial charge in [0, 0.05) is 56.5 Å².